The first-order valence-corrected chi connectivity index (χ1v) is 5.92. The first-order valence-electron chi connectivity index (χ1n) is 5.92. The third kappa shape index (κ3) is 2.40. The van der Waals surface area contributed by atoms with Crippen molar-refractivity contribution in [3.63, 3.8) is 0 Å². The summed E-state index contributed by atoms with van der Waals surface area (Å²) in [4.78, 5) is 20.0. The molecule has 0 fully saturated rings. The second-order valence-electron chi connectivity index (χ2n) is 3.69. The predicted octanol–water partition coefficient (Wildman–Crippen LogP) is 2.01. The highest BCUT2D eigenvalue weighted by Gasteiger charge is 2.08. The molecule has 2 aromatic rings. The fourth-order valence-electron chi connectivity index (χ4n) is 1.67. The van der Waals surface area contributed by atoms with Crippen LogP contribution in [0.2, 0.25) is 0 Å². The van der Waals surface area contributed by atoms with E-state index < -0.39 is 0 Å². The van der Waals surface area contributed by atoms with Crippen molar-refractivity contribution in [3.8, 4) is 5.82 Å². The number of hydrogen-bond acceptors (Lipinski definition) is 4. The van der Waals surface area contributed by atoms with Gasteiger partial charge in [-0.25, -0.2) is 14.8 Å². The normalized spacial score (nSPS) is 10.3. The molecule has 0 amide bonds. The van der Waals surface area contributed by atoms with Gasteiger partial charge in [-0.15, -0.1) is 0 Å². The Morgan fingerprint density at radius 3 is 2.78 bits per heavy atom. The Morgan fingerprint density at radius 1 is 1.33 bits per heavy atom. The smallest absolute Gasteiger partial charge is 0.339 e. The van der Waals surface area contributed by atoms with E-state index in [1.54, 1.807) is 25.3 Å². The number of carbonyl (C=O) groups excluding carboxylic acids is 1. The third-order valence-corrected chi connectivity index (χ3v) is 2.54. The SMILES string of the molecule is CCOC(=O)c1ccc(-n2ccnc2CC)nc1. The van der Waals surface area contributed by atoms with E-state index in [2.05, 4.69) is 9.97 Å². The minimum absolute atomic E-state index is 0.349. The number of imidazole rings is 1. The minimum Gasteiger partial charge on any atom is -0.462 e. The summed E-state index contributed by atoms with van der Waals surface area (Å²) in [5.74, 6) is 1.33. The van der Waals surface area contributed by atoms with E-state index in [0.29, 0.717) is 12.2 Å². The molecule has 5 heteroatoms. The van der Waals surface area contributed by atoms with Crippen LogP contribution in [0, 0.1) is 0 Å². The number of ether oxygens (including phenoxy) is 1. The first kappa shape index (κ1) is 12.3. The monoisotopic (exact) mass is 245 g/mol. The Kier molecular flexibility index (Phi) is 3.72. The summed E-state index contributed by atoms with van der Waals surface area (Å²) in [6, 6.07) is 3.49. The molecular weight excluding hydrogens is 230 g/mol. The Bertz CT molecular complexity index is 531. The lowest BCUT2D eigenvalue weighted by molar-refractivity contribution is 0.0526. The van der Waals surface area contributed by atoms with Gasteiger partial charge in [0.25, 0.3) is 0 Å². The predicted molar refractivity (Wildman–Crippen MR) is 66.7 cm³/mol. The third-order valence-electron chi connectivity index (χ3n) is 2.54. The van der Waals surface area contributed by atoms with Crippen LogP contribution in [0.1, 0.15) is 30.0 Å². The average Bonchev–Trinajstić information content (AvgIpc) is 2.87. The first-order chi connectivity index (χ1) is 8.76. The number of hydrogen-bond donors (Lipinski definition) is 0. The maximum atomic E-state index is 11.5. The summed E-state index contributed by atoms with van der Waals surface area (Å²) in [7, 11) is 0. The number of aryl methyl sites for hydroxylation is 1. The van der Waals surface area contributed by atoms with Crippen molar-refractivity contribution in [1.82, 2.24) is 14.5 Å². The van der Waals surface area contributed by atoms with E-state index in [1.807, 2.05) is 17.7 Å². The zero-order valence-corrected chi connectivity index (χ0v) is 10.5. The van der Waals surface area contributed by atoms with Crippen molar-refractivity contribution >= 4 is 5.97 Å². The number of aromatic nitrogens is 3. The number of nitrogens with zero attached hydrogens (tertiary/aromatic N) is 3. The molecule has 0 unspecified atom stereocenters. The number of rotatable bonds is 4. The molecule has 0 saturated carbocycles. The summed E-state index contributed by atoms with van der Waals surface area (Å²) >= 11 is 0. The lowest BCUT2D eigenvalue weighted by Crippen LogP contribution is -2.07. The molecule has 0 aliphatic heterocycles. The van der Waals surface area contributed by atoms with Gasteiger partial charge < -0.3 is 4.74 Å². The maximum absolute atomic E-state index is 11.5. The molecule has 2 heterocycles. The van der Waals surface area contributed by atoms with Crippen LogP contribution < -0.4 is 0 Å². The van der Waals surface area contributed by atoms with Gasteiger partial charge in [-0.3, -0.25) is 4.57 Å². The second kappa shape index (κ2) is 5.44. The topological polar surface area (TPSA) is 57.0 Å². The lowest BCUT2D eigenvalue weighted by Gasteiger charge is -2.06. The molecule has 0 aromatic carbocycles. The molecule has 2 rings (SSSR count). The molecule has 0 saturated heterocycles. The van der Waals surface area contributed by atoms with Gasteiger partial charge >= 0.3 is 5.97 Å². The number of pyridine rings is 1. The molecule has 5 nitrogen and oxygen atoms in total. The summed E-state index contributed by atoms with van der Waals surface area (Å²) in [6.45, 7) is 4.17. The van der Waals surface area contributed by atoms with Crippen LogP contribution in [0.15, 0.2) is 30.7 Å². The summed E-state index contributed by atoms with van der Waals surface area (Å²) < 4.78 is 6.80. The molecule has 0 aliphatic carbocycles. The van der Waals surface area contributed by atoms with E-state index in [1.165, 1.54) is 6.20 Å². The molecule has 18 heavy (non-hydrogen) atoms. The van der Waals surface area contributed by atoms with Crippen LogP contribution in [-0.2, 0) is 11.2 Å². The van der Waals surface area contributed by atoms with Gasteiger partial charge in [0, 0.05) is 25.0 Å². The maximum Gasteiger partial charge on any atom is 0.339 e. The van der Waals surface area contributed by atoms with E-state index in [9.17, 15) is 4.79 Å². The molecule has 0 atom stereocenters. The van der Waals surface area contributed by atoms with Crippen molar-refractivity contribution in [2.75, 3.05) is 6.61 Å². The minimum atomic E-state index is -0.349. The molecule has 0 aliphatic rings. The van der Waals surface area contributed by atoms with E-state index in [4.69, 9.17) is 4.74 Å². The molecular formula is C13H15N3O2. The summed E-state index contributed by atoms with van der Waals surface area (Å²) in [5.41, 5.74) is 0.457. The largest absolute Gasteiger partial charge is 0.462 e. The van der Waals surface area contributed by atoms with Crippen LogP contribution in [0.5, 0.6) is 0 Å². The highest BCUT2D eigenvalue weighted by atomic mass is 16.5. The van der Waals surface area contributed by atoms with Gasteiger partial charge in [-0.05, 0) is 19.1 Å². The second-order valence-corrected chi connectivity index (χ2v) is 3.69. The Hall–Kier alpha value is -2.17. The zero-order valence-electron chi connectivity index (χ0n) is 10.5. The standard InChI is InChI=1S/C13H15N3O2/c1-3-11-14-7-8-16(11)12-6-5-10(9-15-12)13(17)18-4-2/h5-9H,3-4H2,1-2H3. The van der Waals surface area contributed by atoms with E-state index in [0.717, 1.165) is 18.1 Å². The van der Waals surface area contributed by atoms with Gasteiger partial charge in [-0.1, -0.05) is 6.92 Å². The molecule has 0 spiro atoms. The van der Waals surface area contributed by atoms with E-state index in [-0.39, 0.29) is 5.97 Å². The number of esters is 1. The van der Waals surface area contributed by atoms with Crippen LogP contribution in [-0.4, -0.2) is 27.1 Å². The molecule has 94 valence electrons. The van der Waals surface area contributed by atoms with Gasteiger partial charge in [0.05, 0.1) is 12.2 Å². The van der Waals surface area contributed by atoms with Crippen molar-refractivity contribution in [3.05, 3.63) is 42.1 Å². The molecule has 0 N–H and O–H groups in total. The zero-order chi connectivity index (χ0) is 13.0. The molecule has 0 bridgehead atoms. The van der Waals surface area contributed by atoms with Crippen molar-refractivity contribution in [2.24, 2.45) is 0 Å². The fourth-order valence-corrected chi connectivity index (χ4v) is 1.67. The van der Waals surface area contributed by atoms with Crippen LogP contribution >= 0.6 is 0 Å². The summed E-state index contributed by atoms with van der Waals surface area (Å²) in [6.07, 6.45) is 5.94. The van der Waals surface area contributed by atoms with Gasteiger partial charge in [-0.2, -0.15) is 0 Å². The van der Waals surface area contributed by atoms with Gasteiger partial charge in [0.15, 0.2) is 0 Å². The molecule has 2 aromatic heterocycles. The van der Waals surface area contributed by atoms with Crippen molar-refractivity contribution in [1.29, 1.82) is 0 Å². The number of carbonyl (C=O) groups is 1. The van der Waals surface area contributed by atoms with Crippen molar-refractivity contribution in [2.45, 2.75) is 20.3 Å². The van der Waals surface area contributed by atoms with Gasteiger partial charge in [0.2, 0.25) is 0 Å². The van der Waals surface area contributed by atoms with Gasteiger partial charge in [0.1, 0.15) is 11.6 Å². The summed E-state index contributed by atoms with van der Waals surface area (Å²) in [5, 5.41) is 0. The van der Waals surface area contributed by atoms with Crippen molar-refractivity contribution < 1.29 is 9.53 Å². The highest BCUT2D eigenvalue weighted by Crippen LogP contribution is 2.10. The Balaban J connectivity index is 2.25. The van der Waals surface area contributed by atoms with Crippen LogP contribution in [0.25, 0.3) is 5.82 Å². The highest BCUT2D eigenvalue weighted by molar-refractivity contribution is 5.89. The van der Waals surface area contributed by atoms with Crippen LogP contribution in [0.3, 0.4) is 0 Å². The Labute approximate surface area is 105 Å². The fraction of sp³-hybridized carbons (Fsp3) is 0.308. The lowest BCUT2D eigenvalue weighted by atomic mass is 10.3. The molecule has 0 radical (unpaired) electrons. The quantitative estimate of drug-likeness (QED) is 0.773. The average molecular weight is 245 g/mol. The van der Waals surface area contributed by atoms with E-state index >= 15 is 0 Å². The van der Waals surface area contributed by atoms with Crippen LogP contribution in [0.4, 0.5) is 0 Å². The Morgan fingerprint density at radius 2 is 2.17 bits per heavy atom.